The van der Waals surface area contributed by atoms with E-state index in [1.165, 1.54) is 18.7 Å². The molecule has 1 aromatic heterocycles. The molecule has 3 aromatic carbocycles. The molecule has 7 nitrogen and oxygen atoms in total. The summed E-state index contributed by atoms with van der Waals surface area (Å²) in [5, 5.41) is 12.6. The molecule has 4 aromatic rings. The van der Waals surface area contributed by atoms with Crippen molar-refractivity contribution >= 4 is 40.7 Å². The Labute approximate surface area is 206 Å². The lowest BCUT2D eigenvalue weighted by molar-refractivity contribution is -0.113. The molecule has 1 N–H and O–H groups in total. The molecule has 0 atom stereocenters. The number of para-hydroxylation sites is 1. The number of ketones is 1. The summed E-state index contributed by atoms with van der Waals surface area (Å²) in [4.78, 5) is 23.9. The number of nitrogens with one attached hydrogen (secondary N) is 1. The van der Waals surface area contributed by atoms with Crippen molar-refractivity contribution < 1.29 is 14.3 Å². The van der Waals surface area contributed by atoms with Crippen LogP contribution in [0, 0.1) is 0 Å². The zero-order valence-electron chi connectivity index (χ0n) is 18.3. The van der Waals surface area contributed by atoms with Crippen LogP contribution in [0.15, 0.2) is 84.0 Å². The highest BCUT2D eigenvalue weighted by Crippen LogP contribution is 2.24. The maximum atomic E-state index is 12.5. The summed E-state index contributed by atoms with van der Waals surface area (Å²) in [6.45, 7) is 1.70. The van der Waals surface area contributed by atoms with Crippen molar-refractivity contribution in [1.82, 2.24) is 14.8 Å². The number of thioether (sulfide) groups is 1. The van der Waals surface area contributed by atoms with E-state index in [0.29, 0.717) is 33.0 Å². The first-order valence-electron chi connectivity index (χ1n) is 10.4. The highest BCUT2D eigenvalue weighted by molar-refractivity contribution is 7.99. The van der Waals surface area contributed by atoms with Gasteiger partial charge in [0.1, 0.15) is 12.4 Å². The second-order valence-electron chi connectivity index (χ2n) is 7.28. The second-order valence-corrected chi connectivity index (χ2v) is 8.66. The third-order valence-electron chi connectivity index (χ3n) is 4.80. The predicted molar refractivity (Wildman–Crippen MR) is 133 cm³/mol. The third-order valence-corrected chi connectivity index (χ3v) is 5.98. The van der Waals surface area contributed by atoms with E-state index in [4.69, 9.17) is 16.3 Å². The first-order valence-corrected chi connectivity index (χ1v) is 11.8. The molecule has 0 fully saturated rings. The molecular weight excluding hydrogens is 472 g/mol. The van der Waals surface area contributed by atoms with Crippen LogP contribution in [0.3, 0.4) is 0 Å². The number of ether oxygens (including phenoxy) is 1. The predicted octanol–water partition coefficient (Wildman–Crippen LogP) is 5.43. The summed E-state index contributed by atoms with van der Waals surface area (Å²) >= 11 is 7.21. The molecule has 0 unspecified atom stereocenters. The molecule has 9 heteroatoms. The van der Waals surface area contributed by atoms with Crippen LogP contribution >= 0.6 is 23.4 Å². The molecule has 4 rings (SSSR count). The highest BCUT2D eigenvalue weighted by atomic mass is 35.5. The smallest absolute Gasteiger partial charge is 0.234 e. The molecule has 0 radical (unpaired) electrons. The topological polar surface area (TPSA) is 86.1 Å². The van der Waals surface area contributed by atoms with Gasteiger partial charge < -0.3 is 10.1 Å². The van der Waals surface area contributed by atoms with Gasteiger partial charge in [0.05, 0.1) is 5.75 Å². The molecule has 0 spiro atoms. The lowest BCUT2D eigenvalue weighted by Gasteiger charge is -2.11. The van der Waals surface area contributed by atoms with E-state index in [0.717, 1.165) is 5.69 Å². The first kappa shape index (κ1) is 23.5. The number of carbonyl (C=O) groups excluding carboxylic acids is 2. The Morgan fingerprint density at radius 2 is 1.68 bits per heavy atom. The van der Waals surface area contributed by atoms with Crippen molar-refractivity contribution in [2.45, 2.75) is 18.7 Å². The Hall–Kier alpha value is -3.62. The molecule has 34 heavy (non-hydrogen) atoms. The SMILES string of the molecule is CC(=O)c1ccc(NC(=O)CSc2nnc(COc3ccc(Cl)cc3)n2-c2ccccc2)cc1. The maximum absolute atomic E-state index is 12.5. The van der Waals surface area contributed by atoms with E-state index in [9.17, 15) is 9.59 Å². The van der Waals surface area contributed by atoms with Crippen LogP contribution in [-0.2, 0) is 11.4 Å². The van der Waals surface area contributed by atoms with Gasteiger partial charge in [0.15, 0.2) is 16.8 Å². The minimum atomic E-state index is -0.192. The van der Waals surface area contributed by atoms with Crippen LogP contribution in [0.25, 0.3) is 5.69 Å². The number of benzene rings is 3. The van der Waals surface area contributed by atoms with Crippen molar-refractivity contribution in [2.24, 2.45) is 0 Å². The number of carbonyl (C=O) groups is 2. The van der Waals surface area contributed by atoms with Crippen LogP contribution in [0.1, 0.15) is 23.1 Å². The van der Waals surface area contributed by atoms with Gasteiger partial charge in [-0.15, -0.1) is 10.2 Å². The Kier molecular flexibility index (Phi) is 7.61. The summed E-state index contributed by atoms with van der Waals surface area (Å²) in [6, 6.07) is 23.5. The summed E-state index contributed by atoms with van der Waals surface area (Å²) in [5.74, 6) is 1.18. The van der Waals surface area contributed by atoms with Gasteiger partial charge in [-0.25, -0.2) is 0 Å². The van der Waals surface area contributed by atoms with E-state index in [1.54, 1.807) is 48.5 Å². The van der Waals surface area contributed by atoms with Gasteiger partial charge in [-0.3, -0.25) is 14.2 Å². The zero-order chi connectivity index (χ0) is 23.9. The number of rotatable bonds is 9. The van der Waals surface area contributed by atoms with E-state index in [2.05, 4.69) is 15.5 Å². The van der Waals surface area contributed by atoms with Crippen LogP contribution < -0.4 is 10.1 Å². The maximum Gasteiger partial charge on any atom is 0.234 e. The average Bonchev–Trinajstić information content (AvgIpc) is 3.26. The van der Waals surface area contributed by atoms with Crippen molar-refractivity contribution in [3.05, 3.63) is 95.3 Å². The van der Waals surface area contributed by atoms with Gasteiger partial charge in [-0.2, -0.15) is 0 Å². The standard InChI is InChI=1S/C25H21ClN4O3S/c1-17(31)18-7-11-20(12-8-18)27-24(32)16-34-25-29-28-23(30(25)21-5-3-2-4-6-21)15-33-22-13-9-19(26)10-14-22/h2-14H,15-16H2,1H3,(H,27,32). The lowest BCUT2D eigenvalue weighted by Crippen LogP contribution is -2.15. The molecule has 1 amide bonds. The molecule has 0 aliphatic carbocycles. The second kappa shape index (κ2) is 11.0. The van der Waals surface area contributed by atoms with Gasteiger partial charge in [-0.05, 0) is 67.6 Å². The van der Waals surface area contributed by atoms with Gasteiger partial charge >= 0.3 is 0 Å². The summed E-state index contributed by atoms with van der Waals surface area (Å²) in [6.07, 6.45) is 0. The fraction of sp³-hybridized carbons (Fsp3) is 0.120. The van der Waals surface area contributed by atoms with Crippen molar-refractivity contribution in [3.8, 4) is 11.4 Å². The number of aromatic nitrogens is 3. The Bertz CT molecular complexity index is 1280. The number of hydrogen-bond acceptors (Lipinski definition) is 6. The highest BCUT2D eigenvalue weighted by Gasteiger charge is 2.16. The molecule has 0 bridgehead atoms. The lowest BCUT2D eigenvalue weighted by atomic mass is 10.1. The van der Waals surface area contributed by atoms with E-state index in [1.807, 2.05) is 34.9 Å². The Morgan fingerprint density at radius 3 is 2.35 bits per heavy atom. The number of Topliss-reactive ketones (excluding diaryl/α,β-unsaturated/α-hetero) is 1. The summed E-state index contributed by atoms with van der Waals surface area (Å²) in [5.41, 5.74) is 2.08. The number of amides is 1. The number of halogens is 1. The fourth-order valence-corrected chi connectivity index (χ4v) is 4.01. The largest absolute Gasteiger partial charge is 0.486 e. The Balaban J connectivity index is 1.45. The van der Waals surface area contributed by atoms with Crippen molar-refractivity contribution in [2.75, 3.05) is 11.1 Å². The number of hydrogen-bond donors (Lipinski definition) is 1. The number of nitrogens with zero attached hydrogens (tertiary/aromatic N) is 3. The fourth-order valence-electron chi connectivity index (χ4n) is 3.12. The number of anilines is 1. The minimum absolute atomic E-state index is 0.0236. The van der Waals surface area contributed by atoms with Crippen molar-refractivity contribution in [3.63, 3.8) is 0 Å². The zero-order valence-corrected chi connectivity index (χ0v) is 19.8. The van der Waals surface area contributed by atoms with Crippen LogP contribution in [0.2, 0.25) is 5.02 Å². The van der Waals surface area contributed by atoms with E-state index in [-0.39, 0.29) is 24.1 Å². The molecule has 0 aliphatic rings. The summed E-state index contributed by atoms with van der Waals surface area (Å²) < 4.78 is 7.73. The van der Waals surface area contributed by atoms with Gasteiger partial charge in [0.2, 0.25) is 5.91 Å². The monoisotopic (exact) mass is 492 g/mol. The minimum Gasteiger partial charge on any atom is -0.486 e. The molecular formula is C25H21ClN4O3S. The summed E-state index contributed by atoms with van der Waals surface area (Å²) in [7, 11) is 0. The first-order chi connectivity index (χ1) is 16.5. The van der Waals surface area contributed by atoms with Gasteiger partial charge in [0.25, 0.3) is 0 Å². The van der Waals surface area contributed by atoms with E-state index >= 15 is 0 Å². The molecule has 172 valence electrons. The van der Waals surface area contributed by atoms with Gasteiger partial charge in [-0.1, -0.05) is 41.6 Å². The average molecular weight is 493 g/mol. The van der Waals surface area contributed by atoms with Gasteiger partial charge in [0, 0.05) is 22.0 Å². The van der Waals surface area contributed by atoms with Crippen LogP contribution in [0.4, 0.5) is 5.69 Å². The third kappa shape index (κ3) is 6.03. The van der Waals surface area contributed by atoms with Crippen LogP contribution in [-0.4, -0.2) is 32.2 Å². The molecule has 1 heterocycles. The van der Waals surface area contributed by atoms with Crippen LogP contribution in [0.5, 0.6) is 5.75 Å². The molecule has 0 saturated carbocycles. The van der Waals surface area contributed by atoms with E-state index < -0.39 is 0 Å². The Morgan fingerprint density at radius 1 is 0.971 bits per heavy atom. The van der Waals surface area contributed by atoms with Crippen molar-refractivity contribution in [1.29, 1.82) is 0 Å². The molecule has 0 aliphatic heterocycles. The quantitative estimate of drug-likeness (QED) is 0.247. The molecule has 0 saturated heterocycles. The normalized spacial score (nSPS) is 10.6.